The molecule has 110 valence electrons. The normalized spacial score (nSPS) is 10.1. The molecule has 0 aliphatic carbocycles. The molecule has 0 aromatic heterocycles. The zero-order chi connectivity index (χ0) is 15.1. The van der Waals surface area contributed by atoms with Crippen molar-refractivity contribution < 1.29 is 9.53 Å². The van der Waals surface area contributed by atoms with Gasteiger partial charge in [-0.3, -0.25) is 15.6 Å². The number of fused-ring (bicyclic) bond motifs is 1. The Morgan fingerprint density at radius 1 is 1.14 bits per heavy atom. The summed E-state index contributed by atoms with van der Waals surface area (Å²) in [6.45, 7) is 1.12. The Bertz CT molecular complexity index is 646. The second kappa shape index (κ2) is 7.56. The van der Waals surface area contributed by atoms with Crippen LogP contribution in [0, 0.1) is 0 Å². The van der Waals surface area contributed by atoms with E-state index in [1.165, 1.54) is 0 Å². The van der Waals surface area contributed by atoms with E-state index in [1.54, 1.807) is 13.2 Å². The summed E-state index contributed by atoms with van der Waals surface area (Å²) in [7, 11) is 1.61. The number of carbonyl (C=O) groups excluding carboxylic acids is 1. The van der Waals surface area contributed by atoms with E-state index in [1.807, 2.05) is 36.4 Å². The predicted octanol–water partition coefficient (Wildman–Crippen LogP) is 1.60. The van der Waals surface area contributed by atoms with Crippen molar-refractivity contribution >= 4 is 34.0 Å². The van der Waals surface area contributed by atoms with Gasteiger partial charge in [-0.05, 0) is 35.1 Å². The number of rotatable bonds is 4. The van der Waals surface area contributed by atoms with E-state index in [4.69, 9.17) is 17.0 Å². The summed E-state index contributed by atoms with van der Waals surface area (Å²) in [5.74, 6) is -0.239. The number of methoxy groups -OCH3 is 1. The minimum absolute atomic E-state index is 0.239. The summed E-state index contributed by atoms with van der Waals surface area (Å²) in [4.78, 5) is 12.0. The van der Waals surface area contributed by atoms with E-state index < -0.39 is 0 Å². The van der Waals surface area contributed by atoms with Crippen LogP contribution < -0.4 is 16.2 Å². The van der Waals surface area contributed by atoms with Gasteiger partial charge < -0.3 is 10.1 Å². The molecule has 0 saturated carbocycles. The average molecular weight is 303 g/mol. The summed E-state index contributed by atoms with van der Waals surface area (Å²) < 4.78 is 4.89. The molecule has 0 unspecified atom stereocenters. The van der Waals surface area contributed by atoms with Crippen LogP contribution in [-0.4, -0.2) is 31.3 Å². The largest absolute Gasteiger partial charge is 0.383 e. The second-order valence-corrected chi connectivity index (χ2v) is 4.80. The van der Waals surface area contributed by atoms with Gasteiger partial charge in [0.25, 0.3) is 5.91 Å². The summed E-state index contributed by atoms with van der Waals surface area (Å²) in [6.07, 6.45) is 0. The Balaban J connectivity index is 1.91. The highest BCUT2D eigenvalue weighted by Gasteiger charge is 2.06. The molecule has 0 spiro atoms. The Kier molecular flexibility index (Phi) is 5.48. The predicted molar refractivity (Wildman–Crippen MR) is 87.0 cm³/mol. The van der Waals surface area contributed by atoms with Gasteiger partial charge in [-0.25, -0.2) is 0 Å². The third-order valence-electron chi connectivity index (χ3n) is 2.89. The first-order valence-electron chi connectivity index (χ1n) is 6.52. The molecule has 2 aromatic rings. The first-order valence-corrected chi connectivity index (χ1v) is 6.93. The first-order chi connectivity index (χ1) is 10.2. The van der Waals surface area contributed by atoms with Crippen LogP contribution in [0.4, 0.5) is 0 Å². The zero-order valence-corrected chi connectivity index (χ0v) is 12.5. The molecular formula is C15H17N3O2S. The van der Waals surface area contributed by atoms with E-state index in [0.29, 0.717) is 23.8 Å². The Morgan fingerprint density at radius 3 is 2.67 bits per heavy atom. The number of hydrogen-bond donors (Lipinski definition) is 3. The number of thiocarbonyl (C=S) groups is 1. The zero-order valence-electron chi connectivity index (χ0n) is 11.7. The maximum atomic E-state index is 12.0. The molecule has 6 heteroatoms. The second-order valence-electron chi connectivity index (χ2n) is 4.39. The average Bonchev–Trinajstić information content (AvgIpc) is 2.52. The lowest BCUT2D eigenvalue weighted by Gasteiger charge is -2.11. The Labute approximate surface area is 128 Å². The summed E-state index contributed by atoms with van der Waals surface area (Å²) in [6, 6.07) is 13.4. The number of hydrazine groups is 1. The van der Waals surface area contributed by atoms with Crippen molar-refractivity contribution in [2.45, 2.75) is 0 Å². The topological polar surface area (TPSA) is 62.4 Å². The van der Waals surface area contributed by atoms with E-state index in [-0.39, 0.29) is 5.91 Å². The van der Waals surface area contributed by atoms with Gasteiger partial charge in [0.2, 0.25) is 0 Å². The summed E-state index contributed by atoms with van der Waals surface area (Å²) in [5.41, 5.74) is 5.78. The highest BCUT2D eigenvalue weighted by molar-refractivity contribution is 7.80. The van der Waals surface area contributed by atoms with Crippen molar-refractivity contribution in [1.82, 2.24) is 16.2 Å². The lowest BCUT2D eigenvalue weighted by atomic mass is 10.1. The van der Waals surface area contributed by atoms with Crippen LogP contribution in [0.25, 0.3) is 10.8 Å². The first kappa shape index (κ1) is 15.2. The molecule has 1 amide bonds. The van der Waals surface area contributed by atoms with Crippen molar-refractivity contribution in [3.05, 3.63) is 48.0 Å². The molecule has 21 heavy (non-hydrogen) atoms. The number of benzene rings is 2. The van der Waals surface area contributed by atoms with Crippen molar-refractivity contribution in [3.63, 3.8) is 0 Å². The molecular weight excluding hydrogens is 286 g/mol. The quantitative estimate of drug-likeness (QED) is 0.455. The SMILES string of the molecule is COCCNC(=S)NNC(=O)c1ccc2ccccc2c1. The third kappa shape index (κ3) is 4.40. The van der Waals surface area contributed by atoms with E-state index in [9.17, 15) is 4.79 Å². The summed E-state index contributed by atoms with van der Waals surface area (Å²) in [5, 5.41) is 5.36. The monoisotopic (exact) mass is 303 g/mol. The number of amides is 1. The molecule has 0 heterocycles. The number of carbonyl (C=O) groups is 1. The molecule has 0 bridgehead atoms. The maximum Gasteiger partial charge on any atom is 0.269 e. The van der Waals surface area contributed by atoms with Crippen LogP contribution in [0.15, 0.2) is 42.5 Å². The van der Waals surface area contributed by atoms with Crippen molar-refractivity contribution in [2.24, 2.45) is 0 Å². The van der Waals surface area contributed by atoms with Gasteiger partial charge in [0.15, 0.2) is 5.11 Å². The van der Waals surface area contributed by atoms with Crippen molar-refractivity contribution in [1.29, 1.82) is 0 Å². The van der Waals surface area contributed by atoms with Gasteiger partial charge in [-0.15, -0.1) is 0 Å². The Morgan fingerprint density at radius 2 is 1.90 bits per heavy atom. The van der Waals surface area contributed by atoms with E-state index in [2.05, 4.69) is 16.2 Å². The molecule has 0 aliphatic rings. The Hall–Kier alpha value is -2.18. The molecule has 5 nitrogen and oxygen atoms in total. The minimum atomic E-state index is -0.239. The lowest BCUT2D eigenvalue weighted by molar-refractivity contribution is 0.0944. The third-order valence-corrected chi connectivity index (χ3v) is 3.14. The van der Waals surface area contributed by atoms with Gasteiger partial charge in [0.1, 0.15) is 0 Å². The highest BCUT2D eigenvalue weighted by Crippen LogP contribution is 2.15. The fraction of sp³-hybridized carbons (Fsp3) is 0.200. The molecule has 0 fully saturated rings. The molecule has 2 aromatic carbocycles. The van der Waals surface area contributed by atoms with Crippen molar-refractivity contribution in [3.8, 4) is 0 Å². The van der Waals surface area contributed by atoms with Gasteiger partial charge in [-0.2, -0.15) is 0 Å². The smallest absolute Gasteiger partial charge is 0.269 e. The van der Waals surface area contributed by atoms with Gasteiger partial charge in [0.05, 0.1) is 6.61 Å². The van der Waals surface area contributed by atoms with Gasteiger partial charge >= 0.3 is 0 Å². The molecule has 0 aliphatic heterocycles. The van der Waals surface area contributed by atoms with Crippen LogP contribution in [0.3, 0.4) is 0 Å². The van der Waals surface area contributed by atoms with Gasteiger partial charge in [0, 0.05) is 19.2 Å². The van der Waals surface area contributed by atoms with Crippen molar-refractivity contribution in [2.75, 3.05) is 20.3 Å². The van der Waals surface area contributed by atoms with Crippen LogP contribution in [0.1, 0.15) is 10.4 Å². The van der Waals surface area contributed by atoms with Crippen LogP contribution in [0.2, 0.25) is 0 Å². The minimum Gasteiger partial charge on any atom is -0.383 e. The van der Waals surface area contributed by atoms with Crippen LogP contribution >= 0.6 is 12.2 Å². The number of nitrogens with one attached hydrogen (secondary N) is 3. The molecule has 0 radical (unpaired) electrons. The lowest BCUT2D eigenvalue weighted by Crippen LogP contribution is -2.47. The number of hydrogen-bond acceptors (Lipinski definition) is 3. The van der Waals surface area contributed by atoms with Crippen LogP contribution in [0.5, 0.6) is 0 Å². The standard InChI is InChI=1S/C15H17N3O2S/c1-20-9-8-16-15(21)18-17-14(19)13-7-6-11-4-2-3-5-12(11)10-13/h2-7,10H,8-9H2,1H3,(H,17,19)(H2,16,18,21). The van der Waals surface area contributed by atoms with Crippen LogP contribution in [-0.2, 0) is 4.74 Å². The molecule has 3 N–H and O–H groups in total. The van der Waals surface area contributed by atoms with Gasteiger partial charge in [-0.1, -0.05) is 30.3 Å². The molecule has 2 rings (SSSR count). The summed E-state index contributed by atoms with van der Waals surface area (Å²) >= 11 is 5.02. The molecule has 0 saturated heterocycles. The van der Waals surface area contributed by atoms with E-state index in [0.717, 1.165) is 10.8 Å². The highest BCUT2D eigenvalue weighted by atomic mass is 32.1. The fourth-order valence-corrected chi connectivity index (χ4v) is 1.98. The van der Waals surface area contributed by atoms with E-state index >= 15 is 0 Å². The number of ether oxygens (including phenoxy) is 1. The maximum absolute atomic E-state index is 12.0. The fourth-order valence-electron chi connectivity index (χ4n) is 1.83. The molecule has 0 atom stereocenters.